The smallest absolute Gasteiger partial charge is 0.285 e. The average molecular weight is 274 g/mol. The molecule has 0 aliphatic heterocycles. The zero-order valence-electron chi connectivity index (χ0n) is 11.0. The van der Waals surface area contributed by atoms with Crippen LogP contribution in [-0.2, 0) is 6.54 Å². The highest BCUT2D eigenvalue weighted by molar-refractivity contribution is 5.34. The Morgan fingerprint density at radius 2 is 2.00 bits per heavy atom. The molecule has 6 heteroatoms. The molecular weight excluding hydrogens is 260 g/mol. The van der Waals surface area contributed by atoms with Crippen LogP contribution in [0.5, 0.6) is 5.75 Å². The molecule has 1 aromatic carbocycles. The normalized spacial score (nSPS) is 10.2. The van der Waals surface area contributed by atoms with E-state index >= 15 is 0 Å². The summed E-state index contributed by atoms with van der Waals surface area (Å²) in [5, 5.41) is 10.8. The first-order valence-electron chi connectivity index (χ1n) is 6.17. The second-order valence-corrected chi connectivity index (χ2v) is 4.15. The van der Waals surface area contributed by atoms with Crippen molar-refractivity contribution in [1.82, 2.24) is 4.57 Å². The molecule has 0 aliphatic carbocycles. The van der Waals surface area contributed by atoms with Crippen molar-refractivity contribution in [2.45, 2.75) is 13.5 Å². The fraction of sp³-hybridized carbons (Fsp3) is 0.214. The Hall–Kier alpha value is -2.63. The van der Waals surface area contributed by atoms with Gasteiger partial charge in [-0.15, -0.1) is 0 Å². The third kappa shape index (κ3) is 3.03. The number of aromatic nitrogens is 1. The van der Waals surface area contributed by atoms with E-state index in [1.165, 1.54) is 22.9 Å². The Morgan fingerprint density at radius 3 is 2.70 bits per heavy atom. The summed E-state index contributed by atoms with van der Waals surface area (Å²) >= 11 is 0. The summed E-state index contributed by atoms with van der Waals surface area (Å²) in [7, 11) is 0. The lowest BCUT2D eigenvalue weighted by atomic mass is 10.2. The van der Waals surface area contributed by atoms with Crippen LogP contribution in [0.2, 0.25) is 0 Å². The molecule has 104 valence electrons. The molecule has 0 aliphatic rings. The molecule has 0 N–H and O–H groups in total. The van der Waals surface area contributed by atoms with Crippen LogP contribution in [0.3, 0.4) is 0 Å². The highest BCUT2D eigenvalue weighted by Gasteiger charge is 2.10. The number of pyridine rings is 1. The Bertz CT molecular complexity index is 679. The van der Waals surface area contributed by atoms with Gasteiger partial charge in [0.2, 0.25) is 0 Å². The molecule has 0 unspecified atom stereocenters. The first-order valence-corrected chi connectivity index (χ1v) is 6.17. The standard InChI is InChI=1S/C14H14N2O4/c1-2-20-13-6-4-3-5-11(13)9-15-10-12(16(18)19)7-8-14(15)17/h3-8,10H,2,9H2,1H3. The van der Waals surface area contributed by atoms with Crippen LogP contribution in [0.1, 0.15) is 12.5 Å². The molecule has 1 heterocycles. The van der Waals surface area contributed by atoms with Crippen LogP contribution in [0.15, 0.2) is 47.4 Å². The van der Waals surface area contributed by atoms with Crippen LogP contribution in [0.25, 0.3) is 0 Å². The van der Waals surface area contributed by atoms with Crippen molar-refractivity contribution >= 4 is 5.69 Å². The number of benzene rings is 1. The topological polar surface area (TPSA) is 74.4 Å². The first kappa shape index (κ1) is 13.8. The van der Waals surface area contributed by atoms with Gasteiger partial charge in [0.05, 0.1) is 24.3 Å². The van der Waals surface area contributed by atoms with E-state index in [1.54, 1.807) is 6.07 Å². The fourth-order valence-electron chi connectivity index (χ4n) is 1.86. The second kappa shape index (κ2) is 6.01. The fourth-order valence-corrected chi connectivity index (χ4v) is 1.86. The third-order valence-corrected chi connectivity index (χ3v) is 2.79. The van der Waals surface area contributed by atoms with Crippen LogP contribution in [-0.4, -0.2) is 16.1 Å². The number of nitro groups is 1. The molecule has 2 aromatic rings. The molecule has 0 bridgehead atoms. The van der Waals surface area contributed by atoms with Gasteiger partial charge in [0.1, 0.15) is 5.75 Å². The lowest BCUT2D eigenvalue weighted by molar-refractivity contribution is -0.385. The van der Waals surface area contributed by atoms with E-state index in [1.807, 2.05) is 25.1 Å². The van der Waals surface area contributed by atoms with Crippen LogP contribution >= 0.6 is 0 Å². The molecule has 0 atom stereocenters. The van der Waals surface area contributed by atoms with Gasteiger partial charge in [-0.2, -0.15) is 0 Å². The van der Waals surface area contributed by atoms with Crippen molar-refractivity contribution in [1.29, 1.82) is 0 Å². The summed E-state index contributed by atoms with van der Waals surface area (Å²) in [4.78, 5) is 22.0. The van der Waals surface area contributed by atoms with E-state index in [0.717, 1.165) is 5.56 Å². The van der Waals surface area contributed by atoms with Crippen molar-refractivity contribution in [3.8, 4) is 5.75 Å². The monoisotopic (exact) mass is 274 g/mol. The van der Waals surface area contributed by atoms with Crippen molar-refractivity contribution in [3.63, 3.8) is 0 Å². The maximum absolute atomic E-state index is 11.8. The summed E-state index contributed by atoms with van der Waals surface area (Å²) in [6, 6.07) is 9.71. The van der Waals surface area contributed by atoms with E-state index in [2.05, 4.69) is 0 Å². The minimum absolute atomic E-state index is 0.113. The molecule has 0 amide bonds. The molecule has 20 heavy (non-hydrogen) atoms. The van der Waals surface area contributed by atoms with Crippen molar-refractivity contribution in [2.24, 2.45) is 0 Å². The molecule has 6 nitrogen and oxygen atoms in total. The Labute approximate surface area is 115 Å². The molecule has 0 saturated carbocycles. The minimum atomic E-state index is -0.523. The highest BCUT2D eigenvalue weighted by Crippen LogP contribution is 2.19. The van der Waals surface area contributed by atoms with Crippen molar-refractivity contribution in [3.05, 3.63) is 68.6 Å². The largest absolute Gasteiger partial charge is 0.494 e. The van der Waals surface area contributed by atoms with E-state index in [9.17, 15) is 14.9 Å². The summed E-state index contributed by atoms with van der Waals surface area (Å²) in [5.74, 6) is 0.674. The number of para-hydroxylation sites is 1. The average Bonchev–Trinajstić information content (AvgIpc) is 2.43. The summed E-state index contributed by atoms with van der Waals surface area (Å²) in [6.07, 6.45) is 1.24. The Balaban J connectivity index is 2.37. The molecular formula is C14H14N2O4. The SMILES string of the molecule is CCOc1ccccc1Cn1cc([N+](=O)[O-])ccc1=O. The highest BCUT2D eigenvalue weighted by atomic mass is 16.6. The van der Waals surface area contributed by atoms with E-state index < -0.39 is 4.92 Å². The number of ether oxygens (including phenoxy) is 1. The zero-order chi connectivity index (χ0) is 14.5. The zero-order valence-corrected chi connectivity index (χ0v) is 11.0. The summed E-state index contributed by atoms with van der Waals surface area (Å²) in [5.41, 5.74) is 0.400. The number of hydrogen-bond acceptors (Lipinski definition) is 4. The Morgan fingerprint density at radius 1 is 1.25 bits per heavy atom. The van der Waals surface area contributed by atoms with Crippen molar-refractivity contribution < 1.29 is 9.66 Å². The van der Waals surface area contributed by atoms with E-state index in [4.69, 9.17) is 4.74 Å². The van der Waals surface area contributed by atoms with Gasteiger partial charge in [-0.1, -0.05) is 18.2 Å². The molecule has 0 radical (unpaired) electrons. The maximum atomic E-state index is 11.8. The molecule has 0 fully saturated rings. The Kier molecular flexibility index (Phi) is 4.14. The molecule has 0 spiro atoms. The minimum Gasteiger partial charge on any atom is -0.494 e. The molecule has 0 saturated heterocycles. The van der Waals surface area contributed by atoms with Gasteiger partial charge in [0, 0.05) is 17.7 Å². The predicted octanol–water partition coefficient (Wildman–Crippen LogP) is 2.20. The van der Waals surface area contributed by atoms with Gasteiger partial charge >= 0.3 is 0 Å². The van der Waals surface area contributed by atoms with Crippen LogP contribution in [0.4, 0.5) is 5.69 Å². The molecule has 1 aromatic heterocycles. The predicted molar refractivity (Wildman–Crippen MR) is 74.1 cm³/mol. The quantitative estimate of drug-likeness (QED) is 0.618. The second-order valence-electron chi connectivity index (χ2n) is 4.15. The van der Waals surface area contributed by atoms with Gasteiger partial charge < -0.3 is 9.30 Å². The lowest BCUT2D eigenvalue weighted by Gasteiger charge is -2.11. The van der Waals surface area contributed by atoms with Crippen molar-refractivity contribution in [2.75, 3.05) is 6.61 Å². The van der Waals surface area contributed by atoms with Gasteiger partial charge in [-0.05, 0) is 13.0 Å². The molecule has 2 rings (SSSR count). The number of rotatable bonds is 5. The number of nitrogens with zero attached hydrogens (tertiary/aromatic N) is 2. The maximum Gasteiger partial charge on any atom is 0.285 e. The van der Waals surface area contributed by atoms with Gasteiger partial charge in [0.25, 0.3) is 11.2 Å². The summed E-state index contributed by atoms with van der Waals surface area (Å²) < 4.78 is 6.78. The van der Waals surface area contributed by atoms with Gasteiger partial charge in [-0.25, -0.2) is 0 Å². The van der Waals surface area contributed by atoms with Crippen LogP contribution < -0.4 is 10.3 Å². The number of hydrogen-bond donors (Lipinski definition) is 0. The third-order valence-electron chi connectivity index (χ3n) is 2.79. The van der Waals surface area contributed by atoms with Gasteiger partial charge in [-0.3, -0.25) is 14.9 Å². The summed E-state index contributed by atoms with van der Waals surface area (Å²) in [6.45, 7) is 2.62. The lowest BCUT2D eigenvalue weighted by Crippen LogP contribution is -2.19. The van der Waals surface area contributed by atoms with E-state index in [0.29, 0.717) is 12.4 Å². The van der Waals surface area contributed by atoms with Crippen LogP contribution in [0, 0.1) is 10.1 Å². The van der Waals surface area contributed by atoms with Gasteiger partial charge in [0.15, 0.2) is 0 Å². The first-order chi connectivity index (χ1) is 9.61. The van der Waals surface area contributed by atoms with E-state index in [-0.39, 0.29) is 17.8 Å².